The molecule has 0 aliphatic rings. The molecule has 0 saturated heterocycles. The Hall–Kier alpha value is -1.95. The first-order valence-electron chi connectivity index (χ1n) is 6.20. The summed E-state index contributed by atoms with van der Waals surface area (Å²) in [4.78, 5) is 8.42. The van der Waals surface area contributed by atoms with Crippen molar-refractivity contribution < 1.29 is 8.91 Å². The van der Waals surface area contributed by atoms with Gasteiger partial charge in [0.15, 0.2) is 6.33 Å². The molecule has 0 N–H and O–H groups in total. The maximum Gasteiger partial charge on any atom is 0.228 e. The van der Waals surface area contributed by atoms with Crippen molar-refractivity contribution in [3.05, 3.63) is 42.1 Å². The van der Waals surface area contributed by atoms with E-state index in [9.17, 15) is 4.39 Å². The lowest BCUT2D eigenvalue weighted by Gasteiger charge is -2.09. The van der Waals surface area contributed by atoms with Gasteiger partial charge in [-0.05, 0) is 25.1 Å². The van der Waals surface area contributed by atoms with E-state index < -0.39 is 0 Å². The number of rotatable bonds is 4. The van der Waals surface area contributed by atoms with Crippen molar-refractivity contribution in [3.63, 3.8) is 0 Å². The molecule has 5 nitrogen and oxygen atoms in total. The second kappa shape index (κ2) is 5.20. The van der Waals surface area contributed by atoms with Crippen molar-refractivity contribution in [2.24, 2.45) is 0 Å². The molecular formula is C13H12ClFN4O. The summed E-state index contributed by atoms with van der Waals surface area (Å²) in [5.41, 5.74) is 1.44. The summed E-state index contributed by atoms with van der Waals surface area (Å²) >= 11 is 6.15. The fraction of sp³-hybridized carbons (Fsp3) is 0.308. The molecule has 0 radical (unpaired) electrons. The quantitative estimate of drug-likeness (QED) is 0.694. The summed E-state index contributed by atoms with van der Waals surface area (Å²) in [6.45, 7) is 2.39. The fourth-order valence-electron chi connectivity index (χ4n) is 2.17. The highest BCUT2D eigenvalue weighted by molar-refractivity contribution is 6.20. The Morgan fingerprint density at radius 2 is 2.30 bits per heavy atom. The van der Waals surface area contributed by atoms with E-state index in [-0.39, 0.29) is 11.2 Å². The van der Waals surface area contributed by atoms with Gasteiger partial charge >= 0.3 is 0 Å². The van der Waals surface area contributed by atoms with Crippen LogP contribution < -0.4 is 0 Å². The number of halogens is 2. The topological polar surface area (TPSA) is 56.7 Å². The van der Waals surface area contributed by atoms with Crippen LogP contribution in [-0.2, 0) is 13.0 Å². The van der Waals surface area contributed by atoms with Crippen LogP contribution in [0.5, 0.6) is 0 Å². The Morgan fingerprint density at radius 3 is 3.00 bits per heavy atom. The van der Waals surface area contributed by atoms with Crippen LogP contribution in [-0.4, -0.2) is 19.7 Å². The van der Waals surface area contributed by atoms with E-state index >= 15 is 0 Å². The van der Waals surface area contributed by atoms with Crippen molar-refractivity contribution >= 4 is 22.6 Å². The van der Waals surface area contributed by atoms with Crippen LogP contribution in [0.1, 0.15) is 24.0 Å². The van der Waals surface area contributed by atoms with Crippen molar-refractivity contribution in [1.82, 2.24) is 19.7 Å². The predicted molar refractivity (Wildman–Crippen MR) is 72.0 cm³/mol. The van der Waals surface area contributed by atoms with Gasteiger partial charge in [-0.25, -0.2) is 9.37 Å². The minimum Gasteiger partial charge on any atom is -0.340 e. The van der Waals surface area contributed by atoms with Crippen LogP contribution in [0.15, 0.2) is 29.0 Å². The SMILES string of the molecule is CC(Cl)c1nc2ccc(F)cc2n1CCc1ncno1. The summed E-state index contributed by atoms with van der Waals surface area (Å²) < 4.78 is 20.3. The van der Waals surface area contributed by atoms with Crippen molar-refractivity contribution in [2.75, 3.05) is 0 Å². The number of imidazole rings is 1. The molecule has 2 aromatic heterocycles. The summed E-state index contributed by atoms with van der Waals surface area (Å²) in [7, 11) is 0. The highest BCUT2D eigenvalue weighted by Gasteiger charge is 2.16. The average molecular weight is 295 g/mol. The molecule has 104 valence electrons. The average Bonchev–Trinajstić information content (AvgIpc) is 3.03. The molecule has 0 aliphatic carbocycles. The Kier molecular flexibility index (Phi) is 3.40. The molecule has 1 unspecified atom stereocenters. The maximum atomic E-state index is 13.4. The Bertz CT molecular complexity index is 723. The number of aromatic nitrogens is 4. The first kappa shape index (κ1) is 13.1. The molecule has 1 aromatic carbocycles. The van der Waals surface area contributed by atoms with Crippen LogP contribution in [0.3, 0.4) is 0 Å². The molecule has 0 bridgehead atoms. The van der Waals surface area contributed by atoms with Gasteiger partial charge in [-0.2, -0.15) is 4.98 Å². The molecule has 3 rings (SSSR count). The number of hydrogen-bond acceptors (Lipinski definition) is 4. The molecule has 3 aromatic rings. The van der Waals surface area contributed by atoms with E-state index in [1.807, 2.05) is 11.5 Å². The lowest BCUT2D eigenvalue weighted by molar-refractivity contribution is 0.370. The van der Waals surface area contributed by atoms with Crippen molar-refractivity contribution in [3.8, 4) is 0 Å². The molecule has 0 aliphatic heterocycles. The van der Waals surface area contributed by atoms with Crippen LogP contribution in [0.4, 0.5) is 4.39 Å². The van der Waals surface area contributed by atoms with Gasteiger partial charge in [0.2, 0.25) is 5.89 Å². The summed E-state index contributed by atoms with van der Waals surface area (Å²) in [5, 5.41) is 3.29. The number of benzene rings is 1. The first-order chi connectivity index (χ1) is 9.65. The van der Waals surface area contributed by atoms with Crippen LogP contribution in [0, 0.1) is 5.82 Å². The standard InChI is InChI=1S/C13H12ClFN4O/c1-8(14)13-18-10-3-2-9(15)6-11(10)19(13)5-4-12-16-7-17-20-12/h2-3,6-8H,4-5H2,1H3. The van der Waals surface area contributed by atoms with Crippen molar-refractivity contribution in [2.45, 2.75) is 25.3 Å². The Morgan fingerprint density at radius 1 is 1.45 bits per heavy atom. The maximum absolute atomic E-state index is 13.4. The minimum atomic E-state index is -0.301. The third-order valence-electron chi connectivity index (χ3n) is 3.05. The molecule has 0 fully saturated rings. The van der Waals surface area contributed by atoms with Crippen LogP contribution in [0.25, 0.3) is 11.0 Å². The number of alkyl halides is 1. The van der Waals surface area contributed by atoms with Gasteiger partial charge in [0.1, 0.15) is 11.6 Å². The second-order valence-electron chi connectivity index (χ2n) is 4.46. The van der Waals surface area contributed by atoms with Gasteiger partial charge < -0.3 is 9.09 Å². The normalized spacial score (nSPS) is 12.9. The summed E-state index contributed by atoms with van der Waals surface area (Å²) in [5.74, 6) is 0.924. The van der Waals surface area contributed by atoms with E-state index in [4.69, 9.17) is 16.1 Å². The van der Waals surface area contributed by atoms with Gasteiger partial charge in [-0.15, -0.1) is 11.6 Å². The van der Waals surface area contributed by atoms with E-state index in [0.717, 1.165) is 5.52 Å². The highest BCUT2D eigenvalue weighted by Crippen LogP contribution is 2.25. The van der Waals surface area contributed by atoms with Gasteiger partial charge in [-0.1, -0.05) is 5.16 Å². The molecule has 2 heterocycles. The number of nitrogens with zero attached hydrogens (tertiary/aromatic N) is 4. The van der Waals surface area contributed by atoms with Crippen LogP contribution >= 0.6 is 11.6 Å². The zero-order chi connectivity index (χ0) is 14.1. The van der Waals surface area contributed by atoms with E-state index in [1.165, 1.54) is 18.5 Å². The Balaban J connectivity index is 2.01. The zero-order valence-electron chi connectivity index (χ0n) is 10.8. The predicted octanol–water partition coefficient (Wildman–Crippen LogP) is 3.10. The monoisotopic (exact) mass is 294 g/mol. The van der Waals surface area contributed by atoms with Gasteiger partial charge in [0.25, 0.3) is 0 Å². The first-order valence-corrected chi connectivity index (χ1v) is 6.64. The molecule has 20 heavy (non-hydrogen) atoms. The fourth-order valence-corrected chi connectivity index (χ4v) is 2.33. The summed E-state index contributed by atoms with van der Waals surface area (Å²) in [6, 6.07) is 4.50. The number of aryl methyl sites for hydroxylation is 2. The molecular weight excluding hydrogens is 283 g/mol. The van der Waals surface area contributed by atoms with E-state index in [0.29, 0.717) is 30.2 Å². The molecule has 0 spiro atoms. The van der Waals surface area contributed by atoms with Gasteiger partial charge in [0, 0.05) is 13.0 Å². The second-order valence-corrected chi connectivity index (χ2v) is 5.11. The van der Waals surface area contributed by atoms with E-state index in [2.05, 4.69) is 15.1 Å². The zero-order valence-corrected chi connectivity index (χ0v) is 11.5. The van der Waals surface area contributed by atoms with Crippen molar-refractivity contribution in [1.29, 1.82) is 0 Å². The Labute approximate surface area is 119 Å². The van der Waals surface area contributed by atoms with Gasteiger partial charge in [0.05, 0.1) is 16.4 Å². The third kappa shape index (κ3) is 2.38. The lowest BCUT2D eigenvalue weighted by Crippen LogP contribution is -2.07. The summed E-state index contributed by atoms with van der Waals surface area (Å²) in [6.07, 6.45) is 1.89. The number of hydrogen-bond donors (Lipinski definition) is 0. The van der Waals surface area contributed by atoms with Gasteiger partial charge in [-0.3, -0.25) is 0 Å². The van der Waals surface area contributed by atoms with E-state index in [1.54, 1.807) is 6.07 Å². The third-order valence-corrected chi connectivity index (χ3v) is 3.25. The smallest absolute Gasteiger partial charge is 0.228 e. The minimum absolute atomic E-state index is 0.270. The largest absolute Gasteiger partial charge is 0.340 e. The lowest BCUT2D eigenvalue weighted by atomic mass is 10.3. The molecule has 7 heteroatoms. The number of fused-ring (bicyclic) bond motifs is 1. The molecule has 1 atom stereocenters. The highest BCUT2D eigenvalue weighted by atomic mass is 35.5. The molecule has 0 saturated carbocycles. The van der Waals surface area contributed by atoms with Crippen LogP contribution in [0.2, 0.25) is 0 Å². The molecule has 0 amide bonds.